The molecule has 102 valence electrons. The van der Waals surface area contributed by atoms with Crippen molar-refractivity contribution in [3.8, 4) is 0 Å². The van der Waals surface area contributed by atoms with E-state index in [2.05, 4.69) is 40.3 Å². The monoisotopic (exact) mass is 377 g/mol. The first kappa shape index (κ1) is 15.3. The molecule has 0 aliphatic heterocycles. The summed E-state index contributed by atoms with van der Waals surface area (Å²) in [7, 11) is 0. The van der Waals surface area contributed by atoms with Crippen LogP contribution in [0.4, 0.5) is 0 Å². The first-order valence-electron chi connectivity index (χ1n) is 6.02. The quantitative estimate of drug-likeness (QED) is 0.702. The molecule has 0 aliphatic rings. The minimum absolute atomic E-state index is 0.255. The minimum Gasteiger partial charge on any atom is -0.310 e. The third-order valence-electron chi connectivity index (χ3n) is 2.83. The van der Waals surface area contributed by atoms with Crippen LogP contribution in [-0.4, -0.2) is 6.54 Å². The highest BCUT2D eigenvalue weighted by molar-refractivity contribution is 9.11. The van der Waals surface area contributed by atoms with Gasteiger partial charge in [-0.3, -0.25) is 0 Å². The van der Waals surface area contributed by atoms with Crippen molar-refractivity contribution >= 4 is 50.5 Å². The molecule has 5 heteroatoms. The Balaban J connectivity index is 2.21. The Bertz CT molecular complexity index is 556. The number of likely N-dealkylation sites (N-methyl/N-ethyl adjacent to an activating group) is 1. The zero-order chi connectivity index (χ0) is 13.8. The highest BCUT2D eigenvalue weighted by Gasteiger charge is 2.13. The third-order valence-corrected chi connectivity index (χ3v) is 5.22. The molecule has 1 atom stereocenters. The first-order chi connectivity index (χ1) is 9.10. The van der Waals surface area contributed by atoms with Crippen molar-refractivity contribution in [3.05, 3.63) is 54.6 Å². The summed E-state index contributed by atoms with van der Waals surface area (Å²) in [6, 6.07) is 10.3. The summed E-state index contributed by atoms with van der Waals surface area (Å²) in [6.07, 6.45) is 0.946. The topological polar surface area (TPSA) is 12.0 Å². The van der Waals surface area contributed by atoms with Gasteiger partial charge in [0.15, 0.2) is 0 Å². The summed E-state index contributed by atoms with van der Waals surface area (Å²) in [5, 5.41) is 4.70. The fourth-order valence-corrected chi connectivity index (χ4v) is 3.78. The van der Waals surface area contributed by atoms with Crippen molar-refractivity contribution < 1.29 is 0 Å². The van der Waals surface area contributed by atoms with Gasteiger partial charge in [-0.25, -0.2) is 0 Å². The van der Waals surface area contributed by atoms with Crippen LogP contribution in [-0.2, 0) is 6.42 Å². The fourth-order valence-electron chi connectivity index (χ4n) is 1.95. The summed E-state index contributed by atoms with van der Waals surface area (Å²) in [5.74, 6) is 0. The Morgan fingerprint density at radius 2 is 2.00 bits per heavy atom. The first-order valence-corrected chi connectivity index (χ1v) is 8.39. The Morgan fingerprint density at radius 1 is 1.21 bits per heavy atom. The lowest BCUT2D eigenvalue weighted by molar-refractivity contribution is 0.553. The molecule has 2 rings (SSSR count). The second-order valence-corrected chi connectivity index (χ2v) is 7.56. The number of nitrogens with one attached hydrogen (secondary N) is 1. The van der Waals surface area contributed by atoms with Gasteiger partial charge in [0.25, 0.3) is 0 Å². The molecule has 0 bridgehead atoms. The van der Waals surface area contributed by atoms with Gasteiger partial charge in [0, 0.05) is 17.3 Å². The molecule has 0 saturated carbocycles. The van der Waals surface area contributed by atoms with Crippen LogP contribution in [0.2, 0.25) is 10.0 Å². The van der Waals surface area contributed by atoms with E-state index in [1.807, 2.05) is 18.2 Å². The van der Waals surface area contributed by atoms with Crippen LogP contribution in [0.15, 0.2) is 34.1 Å². The van der Waals surface area contributed by atoms with Crippen LogP contribution in [0.1, 0.15) is 23.4 Å². The summed E-state index contributed by atoms with van der Waals surface area (Å²) in [5.41, 5.74) is 1.17. The molecular formula is C14H14BrCl2NS. The van der Waals surface area contributed by atoms with Gasteiger partial charge in [-0.05, 0) is 52.3 Å². The van der Waals surface area contributed by atoms with Crippen LogP contribution in [0.3, 0.4) is 0 Å². The van der Waals surface area contributed by atoms with Gasteiger partial charge in [0.05, 0.1) is 13.8 Å². The molecule has 1 aromatic heterocycles. The number of hydrogen-bond acceptors (Lipinski definition) is 2. The molecule has 1 heterocycles. The molecule has 1 aromatic carbocycles. The second kappa shape index (κ2) is 7.09. The van der Waals surface area contributed by atoms with Crippen molar-refractivity contribution in [2.75, 3.05) is 6.54 Å². The zero-order valence-electron chi connectivity index (χ0n) is 10.4. The standard InChI is InChI=1S/C14H14BrCl2NS/c1-2-18-13(8-10-4-6-14(15)19-10)9-3-5-11(16)12(17)7-9/h3-7,13,18H,2,8H2,1H3. The predicted molar refractivity (Wildman–Crippen MR) is 88.6 cm³/mol. The van der Waals surface area contributed by atoms with E-state index in [4.69, 9.17) is 23.2 Å². The van der Waals surface area contributed by atoms with E-state index in [1.54, 1.807) is 11.3 Å². The Kier molecular flexibility index (Phi) is 5.72. The van der Waals surface area contributed by atoms with Gasteiger partial charge in [0.2, 0.25) is 0 Å². The Morgan fingerprint density at radius 3 is 2.58 bits per heavy atom. The Hall–Kier alpha value is -0.0600. The maximum atomic E-state index is 6.10. The molecule has 1 N–H and O–H groups in total. The summed E-state index contributed by atoms with van der Waals surface area (Å²) < 4.78 is 1.16. The normalized spacial score (nSPS) is 12.6. The summed E-state index contributed by atoms with van der Waals surface area (Å²) in [6.45, 7) is 3.02. The maximum absolute atomic E-state index is 6.10. The van der Waals surface area contributed by atoms with E-state index in [1.165, 1.54) is 10.4 Å². The van der Waals surface area contributed by atoms with Crippen LogP contribution in [0.25, 0.3) is 0 Å². The molecule has 0 saturated heterocycles. The highest BCUT2D eigenvalue weighted by atomic mass is 79.9. The molecule has 1 nitrogen and oxygen atoms in total. The minimum atomic E-state index is 0.255. The van der Waals surface area contributed by atoms with E-state index in [-0.39, 0.29) is 6.04 Å². The summed E-state index contributed by atoms with van der Waals surface area (Å²) in [4.78, 5) is 1.34. The zero-order valence-corrected chi connectivity index (χ0v) is 14.3. The number of benzene rings is 1. The predicted octanol–water partition coefficient (Wildman–Crippen LogP) is 5.71. The van der Waals surface area contributed by atoms with Gasteiger partial charge < -0.3 is 5.32 Å². The fraction of sp³-hybridized carbons (Fsp3) is 0.286. The van der Waals surface area contributed by atoms with Crippen molar-refractivity contribution in [3.63, 3.8) is 0 Å². The number of halogens is 3. The van der Waals surface area contributed by atoms with Crippen LogP contribution < -0.4 is 5.32 Å². The average molecular weight is 379 g/mol. The molecule has 1 unspecified atom stereocenters. The van der Waals surface area contributed by atoms with Crippen molar-refractivity contribution in [2.45, 2.75) is 19.4 Å². The third kappa shape index (κ3) is 4.20. The van der Waals surface area contributed by atoms with Crippen molar-refractivity contribution in [1.29, 1.82) is 0 Å². The Labute approximate surface area is 136 Å². The van der Waals surface area contributed by atoms with E-state index in [0.717, 1.165) is 16.8 Å². The van der Waals surface area contributed by atoms with E-state index in [9.17, 15) is 0 Å². The van der Waals surface area contributed by atoms with Crippen LogP contribution in [0, 0.1) is 0 Å². The average Bonchev–Trinajstić information content (AvgIpc) is 2.78. The lowest BCUT2D eigenvalue weighted by Crippen LogP contribution is -2.22. The van der Waals surface area contributed by atoms with Gasteiger partial charge >= 0.3 is 0 Å². The lowest BCUT2D eigenvalue weighted by Gasteiger charge is -2.18. The summed E-state index contributed by atoms with van der Waals surface area (Å²) >= 11 is 17.3. The SMILES string of the molecule is CCNC(Cc1ccc(Br)s1)c1ccc(Cl)c(Cl)c1. The molecule has 2 aromatic rings. The smallest absolute Gasteiger partial charge is 0.0701 e. The highest BCUT2D eigenvalue weighted by Crippen LogP contribution is 2.30. The molecule has 19 heavy (non-hydrogen) atoms. The molecule has 0 spiro atoms. The van der Waals surface area contributed by atoms with Gasteiger partial charge in [-0.1, -0.05) is 36.2 Å². The van der Waals surface area contributed by atoms with E-state index in [0.29, 0.717) is 10.0 Å². The molecule has 0 radical (unpaired) electrons. The van der Waals surface area contributed by atoms with E-state index >= 15 is 0 Å². The van der Waals surface area contributed by atoms with Gasteiger partial charge in [-0.2, -0.15) is 0 Å². The van der Waals surface area contributed by atoms with Crippen molar-refractivity contribution in [1.82, 2.24) is 5.32 Å². The molecule has 0 aliphatic carbocycles. The van der Waals surface area contributed by atoms with Gasteiger partial charge in [0.1, 0.15) is 0 Å². The van der Waals surface area contributed by atoms with Crippen LogP contribution >= 0.6 is 50.5 Å². The molecule has 0 amide bonds. The number of thiophene rings is 1. The largest absolute Gasteiger partial charge is 0.310 e. The van der Waals surface area contributed by atoms with Gasteiger partial charge in [-0.15, -0.1) is 11.3 Å². The lowest BCUT2D eigenvalue weighted by atomic mass is 10.0. The molecular weight excluding hydrogens is 365 g/mol. The van der Waals surface area contributed by atoms with Crippen molar-refractivity contribution in [2.24, 2.45) is 0 Å². The number of rotatable bonds is 5. The molecule has 0 fully saturated rings. The van der Waals surface area contributed by atoms with E-state index < -0.39 is 0 Å². The maximum Gasteiger partial charge on any atom is 0.0701 e. The second-order valence-electron chi connectivity index (χ2n) is 4.19. The van der Waals surface area contributed by atoms with Crippen LogP contribution in [0.5, 0.6) is 0 Å². The number of hydrogen-bond donors (Lipinski definition) is 1.